The molecule has 4 rings (SSSR count). The van der Waals surface area contributed by atoms with Crippen LogP contribution in [0.4, 0.5) is 19.0 Å². The van der Waals surface area contributed by atoms with E-state index in [1.807, 2.05) is 13.8 Å². The number of nitrogens with zero attached hydrogens (tertiary/aromatic N) is 4. The summed E-state index contributed by atoms with van der Waals surface area (Å²) in [5, 5.41) is 8.26. The Bertz CT molecular complexity index is 922. The molecule has 0 spiro atoms. The van der Waals surface area contributed by atoms with Crippen molar-refractivity contribution in [2.75, 3.05) is 11.9 Å². The number of rotatable bonds is 2. The first kappa shape index (κ1) is 20.2. The highest BCUT2D eigenvalue weighted by molar-refractivity contribution is 7.13. The van der Waals surface area contributed by atoms with E-state index < -0.39 is 12.2 Å². The van der Waals surface area contributed by atoms with E-state index in [9.17, 15) is 18.0 Å². The van der Waals surface area contributed by atoms with Crippen LogP contribution in [0.15, 0.2) is 6.07 Å². The van der Waals surface area contributed by atoms with Crippen molar-refractivity contribution in [2.45, 2.75) is 70.8 Å². The number of carbonyl (C=O) groups is 1. The highest BCUT2D eigenvalue weighted by Crippen LogP contribution is 2.41. The molecule has 10 heteroatoms. The molecule has 3 atom stereocenters. The number of halogens is 3. The Labute approximate surface area is 171 Å². The molecule has 1 amide bonds. The molecular weight excluding hydrogens is 403 g/mol. The normalized spacial score (nSPS) is 24.9. The Morgan fingerprint density at radius 3 is 2.72 bits per heavy atom. The molecule has 2 aromatic heterocycles. The maximum atomic E-state index is 13.6. The molecule has 0 bridgehead atoms. The van der Waals surface area contributed by atoms with Gasteiger partial charge >= 0.3 is 6.18 Å². The Kier molecular flexibility index (Phi) is 5.08. The van der Waals surface area contributed by atoms with Crippen LogP contribution in [0.25, 0.3) is 0 Å². The molecule has 2 aliphatic rings. The van der Waals surface area contributed by atoms with Crippen LogP contribution in [0.5, 0.6) is 0 Å². The largest absolute Gasteiger partial charge is 0.410 e. The third-order valence-electron chi connectivity index (χ3n) is 5.60. The van der Waals surface area contributed by atoms with Gasteiger partial charge in [0.1, 0.15) is 10.7 Å². The van der Waals surface area contributed by atoms with Gasteiger partial charge in [0.2, 0.25) is 0 Å². The summed E-state index contributed by atoms with van der Waals surface area (Å²) in [6.45, 7) is 5.97. The summed E-state index contributed by atoms with van der Waals surface area (Å²) < 4.78 is 41.7. The van der Waals surface area contributed by atoms with Crippen LogP contribution < -0.4 is 5.32 Å². The van der Waals surface area contributed by atoms with E-state index in [0.29, 0.717) is 35.0 Å². The molecule has 0 radical (unpaired) electrons. The van der Waals surface area contributed by atoms with E-state index in [1.54, 1.807) is 17.9 Å². The van der Waals surface area contributed by atoms with Crippen LogP contribution in [0.2, 0.25) is 0 Å². The molecule has 0 aliphatic carbocycles. The molecule has 1 fully saturated rings. The Morgan fingerprint density at radius 2 is 2.07 bits per heavy atom. The number of carbonyl (C=O) groups excluding carboxylic acids is 1. The number of aryl methyl sites for hydroxylation is 2. The second kappa shape index (κ2) is 7.30. The van der Waals surface area contributed by atoms with Crippen LogP contribution in [-0.2, 0) is 0 Å². The molecule has 0 aromatic carbocycles. The van der Waals surface area contributed by atoms with E-state index >= 15 is 0 Å². The van der Waals surface area contributed by atoms with Crippen molar-refractivity contribution in [1.82, 2.24) is 19.7 Å². The smallest absolute Gasteiger partial charge is 0.368 e. The standard InChI is InChI=1S/C19H24F3N5OS/c1-10-8-15(19(20,21)22)27-16(23-10)9-13(25-27)14-6-4-5-7-26(14)18(28)17-11(2)24-12(3)29-17/h9-10,14-15,23H,4-8H2,1-3H3/t10-,14-,15-/m1/s1. The van der Waals surface area contributed by atoms with Gasteiger partial charge in [0.05, 0.1) is 22.4 Å². The van der Waals surface area contributed by atoms with Gasteiger partial charge in [0.15, 0.2) is 6.04 Å². The van der Waals surface area contributed by atoms with Gasteiger partial charge in [-0.2, -0.15) is 18.3 Å². The van der Waals surface area contributed by atoms with Crippen molar-refractivity contribution in [2.24, 2.45) is 0 Å². The van der Waals surface area contributed by atoms with E-state index in [-0.39, 0.29) is 24.4 Å². The fraction of sp³-hybridized carbons (Fsp3) is 0.632. The number of likely N-dealkylation sites (tertiary alicyclic amines) is 1. The molecule has 158 valence electrons. The minimum absolute atomic E-state index is 0.0652. The van der Waals surface area contributed by atoms with Gasteiger partial charge in [-0.1, -0.05) is 0 Å². The summed E-state index contributed by atoms with van der Waals surface area (Å²) >= 11 is 1.36. The van der Waals surface area contributed by atoms with Crippen molar-refractivity contribution in [1.29, 1.82) is 0 Å². The second-order valence-electron chi connectivity index (χ2n) is 7.90. The lowest BCUT2D eigenvalue weighted by atomic mass is 9.99. The average Bonchev–Trinajstić information content (AvgIpc) is 3.22. The number of alkyl halides is 3. The van der Waals surface area contributed by atoms with Crippen LogP contribution >= 0.6 is 11.3 Å². The average molecular weight is 427 g/mol. The topological polar surface area (TPSA) is 63.1 Å². The van der Waals surface area contributed by atoms with Crippen molar-refractivity contribution in [3.8, 4) is 0 Å². The maximum Gasteiger partial charge on any atom is 0.410 e. The number of fused-ring (bicyclic) bond motifs is 1. The lowest BCUT2D eigenvalue weighted by molar-refractivity contribution is -0.173. The van der Waals surface area contributed by atoms with Gasteiger partial charge in [-0.15, -0.1) is 11.3 Å². The number of thiazole rings is 1. The number of hydrogen-bond donors (Lipinski definition) is 1. The first-order valence-electron chi connectivity index (χ1n) is 9.83. The molecule has 0 unspecified atom stereocenters. The fourth-order valence-electron chi connectivity index (χ4n) is 4.28. The Morgan fingerprint density at radius 1 is 1.31 bits per heavy atom. The lowest BCUT2D eigenvalue weighted by Gasteiger charge is -2.34. The fourth-order valence-corrected chi connectivity index (χ4v) is 5.16. The summed E-state index contributed by atoms with van der Waals surface area (Å²) in [5.74, 6) is 0.251. The molecule has 1 saturated heterocycles. The molecular formula is C19H24F3N5OS. The predicted molar refractivity (Wildman–Crippen MR) is 104 cm³/mol. The van der Waals surface area contributed by atoms with Crippen molar-refractivity contribution in [3.63, 3.8) is 0 Å². The summed E-state index contributed by atoms with van der Waals surface area (Å²) in [7, 11) is 0. The maximum absolute atomic E-state index is 13.6. The van der Waals surface area contributed by atoms with Crippen molar-refractivity contribution < 1.29 is 18.0 Å². The lowest BCUT2D eigenvalue weighted by Crippen LogP contribution is -2.39. The SMILES string of the molecule is Cc1nc(C)c(C(=O)N2CCCC[C@@H]2c2cc3n(n2)[C@@H](C(F)(F)F)C[C@@H](C)N3)s1. The van der Waals surface area contributed by atoms with Gasteiger partial charge in [-0.3, -0.25) is 4.79 Å². The highest BCUT2D eigenvalue weighted by atomic mass is 32.1. The van der Waals surface area contributed by atoms with Gasteiger partial charge in [-0.25, -0.2) is 9.67 Å². The number of nitrogens with one attached hydrogen (secondary N) is 1. The van der Waals surface area contributed by atoms with Gasteiger partial charge < -0.3 is 10.2 Å². The van der Waals surface area contributed by atoms with E-state index in [1.165, 1.54) is 11.3 Å². The second-order valence-corrected chi connectivity index (χ2v) is 9.10. The summed E-state index contributed by atoms with van der Waals surface area (Å²) in [6, 6.07) is -0.607. The molecule has 1 N–H and O–H groups in total. The summed E-state index contributed by atoms with van der Waals surface area (Å²) in [6.07, 6.45) is -1.97. The molecule has 0 saturated carbocycles. The van der Waals surface area contributed by atoms with Crippen LogP contribution in [0.3, 0.4) is 0 Å². The number of piperidine rings is 1. The van der Waals surface area contributed by atoms with Gasteiger partial charge in [0, 0.05) is 18.7 Å². The minimum atomic E-state index is -4.37. The molecule has 2 aliphatic heterocycles. The minimum Gasteiger partial charge on any atom is -0.368 e. The number of aromatic nitrogens is 3. The quantitative estimate of drug-likeness (QED) is 0.759. The molecule has 4 heterocycles. The van der Waals surface area contributed by atoms with Crippen LogP contribution in [-0.4, -0.2) is 44.3 Å². The monoisotopic (exact) mass is 427 g/mol. The Hall–Kier alpha value is -2.10. The first-order chi connectivity index (χ1) is 13.6. The number of hydrogen-bond acceptors (Lipinski definition) is 5. The number of anilines is 1. The van der Waals surface area contributed by atoms with Gasteiger partial charge in [-0.05, 0) is 46.5 Å². The molecule has 29 heavy (non-hydrogen) atoms. The van der Waals surface area contributed by atoms with E-state index in [0.717, 1.165) is 22.5 Å². The first-order valence-corrected chi connectivity index (χ1v) is 10.6. The third kappa shape index (κ3) is 3.74. The zero-order valence-electron chi connectivity index (χ0n) is 16.6. The predicted octanol–water partition coefficient (Wildman–Crippen LogP) is 4.63. The van der Waals surface area contributed by atoms with Crippen LogP contribution in [0.1, 0.15) is 70.8 Å². The summed E-state index contributed by atoms with van der Waals surface area (Å²) in [4.78, 5) is 19.9. The van der Waals surface area contributed by atoms with Crippen LogP contribution in [0, 0.1) is 13.8 Å². The third-order valence-corrected chi connectivity index (χ3v) is 6.66. The number of amides is 1. The van der Waals surface area contributed by atoms with E-state index in [2.05, 4.69) is 15.4 Å². The van der Waals surface area contributed by atoms with E-state index in [4.69, 9.17) is 0 Å². The zero-order chi connectivity index (χ0) is 20.9. The van der Waals surface area contributed by atoms with Crippen molar-refractivity contribution >= 4 is 23.1 Å². The molecule has 2 aromatic rings. The van der Waals surface area contributed by atoms with Gasteiger partial charge in [0.25, 0.3) is 5.91 Å². The van der Waals surface area contributed by atoms with Crippen molar-refractivity contribution in [3.05, 3.63) is 27.3 Å². The summed E-state index contributed by atoms with van der Waals surface area (Å²) in [5.41, 5.74) is 1.21. The zero-order valence-corrected chi connectivity index (χ0v) is 17.4. The Balaban J connectivity index is 1.68. The highest BCUT2D eigenvalue weighted by Gasteiger charge is 2.46. The molecule has 6 nitrogen and oxygen atoms in total.